The van der Waals surface area contributed by atoms with Crippen molar-refractivity contribution in [1.29, 1.82) is 0 Å². The maximum atomic E-state index is 13.3. The van der Waals surface area contributed by atoms with Gasteiger partial charge in [0.1, 0.15) is 11.6 Å². The maximum Gasteiger partial charge on any atom is 0.333 e. The van der Waals surface area contributed by atoms with E-state index in [1.807, 2.05) is 37.3 Å². The highest BCUT2D eigenvalue weighted by atomic mass is 32.1. The van der Waals surface area contributed by atoms with Crippen LogP contribution in [0.5, 0.6) is 0 Å². The van der Waals surface area contributed by atoms with E-state index >= 15 is 0 Å². The molecule has 4 aromatic rings. The summed E-state index contributed by atoms with van der Waals surface area (Å²) < 4.78 is 4.05. The minimum Gasteiger partial charge on any atom is -0.325 e. The molecule has 3 heterocycles. The SMILES string of the molecule is CCn1cnc2c1c(=O)n(CC(=O)Nc1nnc(CC(C)C)s1)c(=O)n2Cc1ccccc1. The van der Waals surface area contributed by atoms with E-state index in [4.69, 9.17) is 0 Å². The summed E-state index contributed by atoms with van der Waals surface area (Å²) >= 11 is 1.28. The number of imidazole rings is 1. The van der Waals surface area contributed by atoms with E-state index in [1.165, 1.54) is 22.2 Å². The van der Waals surface area contributed by atoms with Crippen LogP contribution < -0.4 is 16.6 Å². The zero-order valence-electron chi connectivity index (χ0n) is 18.7. The molecule has 0 fully saturated rings. The van der Waals surface area contributed by atoms with Gasteiger partial charge in [-0.2, -0.15) is 0 Å². The lowest BCUT2D eigenvalue weighted by atomic mass is 10.1. The monoisotopic (exact) mass is 467 g/mol. The molecule has 0 bridgehead atoms. The van der Waals surface area contributed by atoms with Crippen LogP contribution in [0.4, 0.5) is 5.13 Å². The Morgan fingerprint density at radius 1 is 1.12 bits per heavy atom. The number of carbonyl (C=O) groups excluding carboxylic acids is 1. The third-order valence-electron chi connectivity index (χ3n) is 5.11. The predicted octanol–water partition coefficient (Wildman–Crippen LogP) is 2.12. The molecule has 0 saturated heterocycles. The molecule has 1 N–H and O–H groups in total. The molecule has 1 aromatic carbocycles. The van der Waals surface area contributed by atoms with Crippen LogP contribution in [0, 0.1) is 5.92 Å². The topological polar surface area (TPSA) is 117 Å². The highest BCUT2D eigenvalue weighted by Crippen LogP contribution is 2.18. The van der Waals surface area contributed by atoms with Crippen LogP contribution in [0.25, 0.3) is 11.2 Å². The van der Waals surface area contributed by atoms with Gasteiger partial charge in [0.05, 0.1) is 12.9 Å². The number of carbonyl (C=O) groups is 1. The van der Waals surface area contributed by atoms with Crippen molar-refractivity contribution in [1.82, 2.24) is 28.9 Å². The number of hydrogen-bond donors (Lipinski definition) is 1. The number of rotatable bonds is 8. The van der Waals surface area contributed by atoms with Crippen LogP contribution >= 0.6 is 11.3 Å². The van der Waals surface area contributed by atoms with Gasteiger partial charge in [-0.1, -0.05) is 55.5 Å². The second-order valence-electron chi connectivity index (χ2n) is 8.10. The van der Waals surface area contributed by atoms with Crippen LogP contribution in [-0.2, 0) is 30.8 Å². The first-order valence-corrected chi connectivity index (χ1v) is 11.5. The molecule has 0 radical (unpaired) electrons. The van der Waals surface area contributed by atoms with Crippen molar-refractivity contribution in [3.05, 3.63) is 68.1 Å². The van der Waals surface area contributed by atoms with Gasteiger partial charge in [0, 0.05) is 13.0 Å². The second-order valence-corrected chi connectivity index (χ2v) is 9.16. The third-order valence-corrected chi connectivity index (χ3v) is 5.97. The first-order valence-electron chi connectivity index (χ1n) is 10.7. The van der Waals surface area contributed by atoms with E-state index in [9.17, 15) is 14.4 Å². The van der Waals surface area contributed by atoms with E-state index in [1.54, 1.807) is 4.57 Å². The summed E-state index contributed by atoms with van der Waals surface area (Å²) in [5.74, 6) is -0.104. The Kier molecular flexibility index (Phi) is 6.50. The van der Waals surface area contributed by atoms with Crippen LogP contribution in [0.1, 0.15) is 31.3 Å². The van der Waals surface area contributed by atoms with Crippen molar-refractivity contribution < 1.29 is 4.79 Å². The molecule has 0 saturated carbocycles. The molecule has 0 aliphatic rings. The van der Waals surface area contributed by atoms with E-state index in [0.29, 0.717) is 23.2 Å². The normalized spacial score (nSPS) is 11.4. The molecule has 10 nitrogen and oxygen atoms in total. The molecular formula is C22H25N7O3S. The van der Waals surface area contributed by atoms with E-state index in [2.05, 4.69) is 34.3 Å². The van der Waals surface area contributed by atoms with Crippen LogP contribution in [-0.4, -0.2) is 34.8 Å². The molecular weight excluding hydrogens is 442 g/mol. The smallest absolute Gasteiger partial charge is 0.325 e. The number of hydrogen-bond acceptors (Lipinski definition) is 7. The lowest BCUT2D eigenvalue weighted by molar-refractivity contribution is -0.116. The molecule has 0 unspecified atom stereocenters. The maximum absolute atomic E-state index is 13.3. The number of nitrogens with zero attached hydrogens (tertiary/aromatic N) is 6. The summed E-state index contributed by atoms with van der Waals surface area (Å²) in [5.41, 5.74) is 0.330. The molecule has 0 spiro atoms. The Bertz CT molecular complexity index is 1400. The fraction of sp³-hybridized carbons (Fsp3) is 0.364. The first kappa shape index (κ1) is 22.6. The van der Waals surface area contributed by atoms with Gasteiger partial charge >= 0.3 is 5.69 Å². The minimum atomic E-state index is -0.592. The first-order chi connectivity index (χ1) is 15.9. The van der Waals surface area contributed by atoms with Gasteiger partial charge in [0.15, 0.2) is 11.2 Å². The number of amides is 1. The fourth-order valence-corrected chi connectivity index (χ4v) is 4.53. The van der Waals surface area contributed by atoms with Crippen molar-refractivity contribution in [2.24, 2.45) is 5.92 Å². The number of aryl methyl sites for hydroxylation is 1. The number of aromatic nitrogens is 6. The van der Waals surface area contributed by atoms with Gasteiger partial charge in [-0.15, -0.1) is 10.2 Å². The van der Waals surface area contributed by atoms with Crippen molar-refractivity contribution in [3.8, 4) is 0 Å². The largest absolute Gasteiger partial charge is 0.333 e. The summed E-state index contributed by atoms with van der Waals surface area (Å²) in [4.78, 5) is 43.5. The molecule has 4 rings (SSSR count). The van der Waals surface area contributed by atoms with Crippen molar-refractivity contribution >= 4 is 33.5 Å². The molecule has 33 heavy (non-hydrogen) atoms. The van der Waals surface area contributed by atoms with Crippen LogP contribution in [0.2, 0.25) is 0 Å². The Hall–Kier alpha value is -3.60. The average Bonchev–Trinajstić information content (AvgIpc) is 3.41. The summed E-state index contributed by atoms with van der Waals surface area (Å²) in [6, 6.07) is 9.42. The number of fused-ring (bicyclic) bond motifs is 1. The van der Waals surface area contributed by atoms with Crippen molar-refractivity contribution in [2.45, 2.75) is 46.8 Å². The van der Waals surface area contributed by atoms with Gasteiger partial charge in [-0.25, -0.2) is 14.3 Å². The molecule has 172 valence electrons. The zero-order chi connectivity index (χ0) is 23.5. The lowest BCUT2D eigenvalue weighted by Crippen LogP contribution is -2.43. The Balaban J connectivity index is 1.69. The van der Waals surface area contributed by atoms with E-state index in [-0.39, 0.29) is 12.1 Å². The highest BCUT2D eigenvalue weighted by Gasteiger charge is 2.20. The van der Waals surface area contributed by atoms with Gasteiger partial charge in [-0.3, -0.25) is 19.5 Å². The minimum absolute atomic E-state index is 0.230. The quantitative estimate of drug-likeness (QED) is 0.424. The Labute approximate surface area is 193 Å². The van der Waals surface area contributed by atoms with E-state index < -0.39 is 23.7 Å². The summed E-state index contributed by atoms with van der Waals surface area (Å²) in [6.07, 6.45) is 2.30. The van der Waals surface area contributed by atoms with Gasteiger partial charge in [-0.05, 0) is 18.4 Å². The van der Waals surface area contributed by atoms with Crippen LogP contribution in [0.3, 0.4) is 0 Å². The summed E-state index contributed by atoms with van der Waals surface area (Å²) in [6.45, 7) is 6.33. The Morgan fingerprint density at radius 2 is 1.88 bits per heavy atom. The van der Waals surface area contributed by atoms with Crippen LogP contribution in [0.15, 0.2) is 46.2 Å². The fourth-order valence-electron chi connectivity index (χ4n) is 3.56. The summed E-state index contributed by atoms with van der Waals surface area (Å²) in [7, 11) is 0. The predicted molar refractivity (Wildman–Crippen MR) is 127 cm³/mol. The molecule has 0 atom stereocenters. The zero-order valence-corrected chi connectivity index (χ0v) is 19.5. The van der Waals surface area contributed by atoms with Gasteiger partial charge in [0.2, 0.25) is 11.0 Å². The lowest BCUT2D eigenvalue weighted by Gasteiger charge is -2.12. The van der Waals surface area contributed by atoms with Crippen molar-refractivity contribution in [2.75, 3.05) is 5.32 Å². The summed E-state index contributed by atoms with van der Waals surface area (Å²) in [5, 5.41) is 11.9. The number of benzene rings is 1. The van der Waals surface area contributed by atoms with Gasteiger partial charge < -0.3 is 4.57 Å². The number of anilines is 1. The van der Waals surface area contributed by atoms with Gasteiger partial charge in [0.25, 0.3) is 5.56 Å². The Morgan fingerprint density at radius 3 is 2.58 bits per heavy atom. The molecule has 1 amide bonds. The van der Waals surface area contributed by atoms with Crippen molar-refractivity contribution in [3.63, 3.8) is 0 Å². The molecule has 3 aromatic heterocycles. The third kappa shape index (κ3) is 4.77. The molecule has 0 aliphatic carbocycles. The average molecular weight is 468 g/mol. The van der Waals surface area contributed by atoms with E-state index in [0.717, 1.165) is 21.6 Å². The second kappa shape index (κ2) is 9.49. The highest BCUT2D eigenvalue weighted by molar-refractivity contribution is 7.15. The standard InChI is InChI=1S/C22H25N7O3S/c1-4-27-13-23-19-18(27)20(31)29(22(32)28(19)11-15-8-6-5-7-9-15)12-16(30)24-21-26-25-17(33-21)10-14(2)3/h5-9,13-14H,4,10-12H2,1-3H3,(H,24,26,30). The number of nitrogens with one attached hydrogen (secondary N) is 1. The molecule has 11 heteroatoms. The molecule has 0 aliphatic heterocycles.